The number of alkyl halides is 1. The zero-order valence-corrected chi connectivity index (χ0v) is 8.19. The minimum absolute atomic E-state index is 0.288. The molecule has 0 bridgehead atoms. The molecule has 0 fully saturated rings. The monoisotopic (exact) mass is 271 g/mol. The van der Waals surface area contributed by atoms with Crippen molar-refractivity contribution in [2.75, 3.05) is 4.43 Å². The lowest BCUT2D eigenvalue weighted by atomic mass is 10.2. The number of hydrogen-bond acceptors (Lipinski definition) is 3. The molecule has 0 aromatic carbocycles. The van der Waals surface area contributed by atoms with Crippen molar-refractivity contribution < 1.29 is 9.92 Å². The van der Waals surface area contributed by atoms with Crippen molar-refractivity contribution in [3.8, 4) is 0 Å². The lowest BCUT2D eigenvalue weighted by Gasteiger charge is -2.09. The van der Waals surface area contributed by atoms with Crippen LogP contribution in [0.3, 0.4) is 0 Å². The highest BCUT2D eigenvalue weighted by molar-refractivity contribution is 14.1. The number of hydrogen-bond donors (Lipinski definition) is 0. The Hall–Kier alpha value is -0.330. The van der Waals surface area contributed by atoms with Gasteiger partial charge in [0.05, 0.1) is 0 Å². The van der Waals surface area contributed by atoms with Gasteiger partial charge < -0.3 is 4.84 Å². The molecule has 0 saturated heterocycles. The average molecular weight is 271 g/mol. The molecule has 4 nitrogen and oxygen atoms in total. The normalized spacial score (nSPS) is 12.1. The molecule has 0 N–H and O–H groups in total. The summed E-state index contributed by atoms with van der Waals surface area (Å²) in [6.45, 7) is 3.52. The van der Waals surface area contributed by atoms with Gasteiger partial charge in [-0.3, -0.25) is 0 Å². The van der Waals surface area contributed by atoms with Gasteiger partial charge in [-0.1, -0.05) is 28.7 Å². The molecule has 1 unspecified atom stereocenters. The van der Waals surface area contributed by atoms with Crippen LogP contribution in [-0.2, 0) is 4.84 Å². The molecule has 0 radical (unpaired) electrons. The molecule has 0 saturated carbocycles. The van der Waals surface area contributed by atoms with E-state index >= 15 is 0 Å². The number of nitrogens with zero attached hydrogens (tertiary/aromatic N) is 1. The zero-order valence-electron chi connectivity index (χ0n) is 6.03. The highest BCUT2D eigenvalue weighted by Crippen LogP contribution is 2.06. The molecule has 0 aromatic heterocycles. The van der Waals surface area contributed by atoms with Gasteiger partial charge >= 0.3 is 0 Å². The van der Waals surface area contributed by atoms with Gasteiger partial charge in [-0.15, -0.1) is 16.7 Å². The lowest BCUT2D eigenvalue weighted by molar-refractivity contribution is -0.767. The van der Waals surface area contributed by atoms with Gasteiger partial charge in [0.1, 0.15) is 6.10 Å². The Labute approximate surface area is 78.9 Å². The Bertz CT molecular complexity index is 140. The van der Waals surface area contributed by atoms with Gasteiger partial charge in [0.15, 0.2) is 0 Å². The Kier molecular flexibility index (Phi) is 6.19. The molecule has 0 aliphatic carbocycles. The highest BCUT2D eigenvalue weighted by Gasteiger charge is 2.09. The van der Waals surface area contributed by atoms with E-state index in [1.165, 1.54) is 0 Å². The van der Waals surface area contributed by atoms with Gasteiger partial charge in [0.2, 0.25) is 0 Å². The first kappa shape index (κ1) is 10.7. The summed E-state index contributed by atoms with van der Waals surface area (Å²) in [4.78, 5) is 14.3. The maximum atomic E-state index is 9.89. The van der Waals surface area contributed by atoms with Crippen LogP contribution in [0.25, 0.3) is 0 Å². The molecule has 0 aromatic rings. The summed E-state index contributed by atoms with van der Waals surface area (Å²) < 4.78 is 0.632. The largest absolute Gasteiger partial charge is 0.310 e. The quantitative estimate of drug-likeness (QED) is 0.244. The first-order valence-corrected chi connectivity index (χ1v) is 4.71. The van der Waals surface area contributed by atoms with Crippen LogP contribution in [0.5, 0.6) is 0 Å². The van der Waals surface area contributed by atoms with E-state index in [4.69, 9.17) is 0 Å². The van der Waals surface area contributed by atoms with Gasteiger partial charge in [0, 0.05) is 4.43 Å². The van der Waals surface area contributed by atoms with E-state index < -0.39 is 5.09 Å². The van der Waals surface area contributed by atoms with Crippen molar-refractivity contribution in [1.29, 1.82) is 0 Å². The summed E-state index contributed by atoms with van der Waals surface area (Å²) in [5.41, 5.74) is 0. The van der Waals surface area contributed by atoms with Crippen molar-refractivity contribution in [1.82, 2.24) is 0 Å². The summed E-state index contributed by atoms with van der Waals surface area (Å²) in [5.74, 6) is 0. The van der Waals surface area contributed by atoms with Crippen molar-refractivity contribution in [3.05, 3.63) is 22.8 Å². The molecule has 0 amide bonds. The van der Waals surface area contributed by atoms with Crippen molar-refractivity contribution in [2.24, 2.45) is 0 Å². The van der Waals surface area contributed by atoms with Crippen LogP contribution in [-0.4, -0.2) is 15.6 Å². The van der Waals surface area contributed by atoms with Crippen LogP contribution in [0.2, 0.25) is 0 Å². The molecule has 1 atom stereocenters. The summed E-state index contributed by atoms with van der Waals surface area (Å²) in [6, 6.07) is 0. The Morgan fingerprint density at radius 1 is 1.82 bits per heavy atom. The SMILES string of the molecule is C=CCCC(CI)O[N+](=O)[O-]. The maximum absolute atomic E-state index is 9.89. The first-order chi connectivity index (χ1) is 5.20. The summed E-state index contributed by atoms with van der Waals surface area (Å²) in [6.07, 6.45) is 2.85. The van der Waals surface area contributed by atoms with E-state index in [1.807, 2.05) is 0 Å². The van der Waals surface area contributed by atoms with E-state index in [9.17, 15) is 10.1 Å². The second-order valence-electron chi connectivity index (χ2n) is 1.97. The summed E-state index contributed by atoms with van der Waals surface area (Å²) in [7, 11) is 0. The van der Waals surface area contributed by atoms with Crippen LogP contribution in [0, 0.1) is 10.1 Å². The Balaban J connectivity index is 3.57. The predicted molar refractivity (Wildman–Crippen MR) is 50.2 cm³/mol. The van der Waals surface area contributed by atoms with Crippen molar-refractivity contribution >= 4 is 22.6 Å². The maximum Gasteiger partial charge on any atom is 0.294 e. The van der Waals surface area contributed by atoms with E-state index in [-0.39, 0.29) is 6.10 Å². The predicted octanol–water partition coefficient (Wildman–Crippen LogP) is 1.96. The van der Waals surface area contributed by atoms with Crippen LogP contribution in [0.15, 0.2) is 12.7 Å². The smallest absolute Gasteiger partial charge is 0.294 e. The molecule has 0 aliphatic heterocycles. The molecular formula is C6H10INO3. The van der Waals surface area contributed by atoms with Gasteiger partial charge in [-0.2, -0.15) is 0 Å². The minimum atomic E-state index is -0.744. The first-order valence-electron chi connectivity index (χ1n) is 3.18. The molecule has 0 heterocycles. The fourth-order valence-corrected chi connectivity index (χ4v) is 1.18. The van der Waals surface area contributed by atoms with Gasteiger partial charge in [0.25, 0.3) is 5.09 Å². The molecule has 5 heteroatoms. The van der Waals surface area contributed by atoms with Crippen LogP contribution in [0.4, 0.5) is 0 Å². The second kappa shape index (κ2) is 6.38. The average Bonchev–Trinajstić information content (AvgIpc) is 1.97. The third kappa shape index (κ3) is 6.08. The van der Waals surface area contributed by atoms with Crippen molar-refractivity contribution in [2.45, 2.75) is 18.9 Å². The van der Waals surface area contributed by atoms with E-state index in [0.717, 1.165) is 6.42 Å². The molecule has 0 spiro atoms. The number of allylic oxidation sites excluding steroid dienone is 1. The molecular weight excluding hydrogens is 261 g/mol. The Morgan fingerprint density at radius 3 is 2.82 bits per heavy atom. The fraction of sp³-hybridized carbons (Fsp3) is 0.667. The second-order valence-corrected chi connectivity index (χ2v) is 2.85. The summed E-state index contributed by atoms with van der Waals surface area (Å²) in [5, 5.41) is 9.14. The number of halogens is 1. The molecule has 11 heavy (non-hydrogen) atoms. The lowest BCUT2D eigenvalue weighted by Crippen LogP contribution is -2.18. The number of rotatable bonds is 6. The van der Waals surface area contributed by atoms with Crippen LogP contribution < -0.4 is 0 Å². The standard InChI is InChI=1S/C6H10INO3/c1-2-3-4-6(5-7)11-8(9)10/h2,6H,1,3-5H2. The van der Waals surface area contributed by atoms with Crippen LogP contribution in [0.1, 0.15) is 12.8 Å². The van der Waals surface area contributed by atoms with Gasteiger partial charge in [-0.25, -0.2) is 0 Å². The van der Waals surface area contributed by atoms with Crippen LogP contribution >= 0.6 is 22.6 Å². The molecule has 64 valence electrons. The minimum Gasteiger partial charge on any atom is -0.310 e. The van der Waals surface area contributed by atoms with Crippen molar-refractivity contribution in [3.63, 3.8) is 0 Å². The fourth-order valence-electron chi connectivity index (χ4n) is 0.583. The zero-order chi connectivity index (χ0) is 8.69. The Morgan fingerprint density at radius 2 is 2.45 bits per heavy atom. The topological polar surface area (TPSA) is 52.4 Å². The summed E-state index contributed by atoms with van der Waals surface area (Å²) >= 11 is 2.06. The van der Waals surface area contributed by atoms with E-state index in [1.54, 1.807) is 6.08 Å². The molecule has 0 rings (SSSR count). The third-order valence-corrected chi connectivity index (χ3v) is 2.08. The third-order valence-electron chi connectivity index (χ3n) is 1.10. The van der Waals surface area contributed by atoms with Gasteiger partial charge in [-0.05, 0) is 12.8 Å². The van der Waals surface area contributed by atoms with E-state index in [0.29, 0.717) is 10.8 Å². The van der Waals surface area contributed by atoms with E-state index in [2.05, 4.69) is 34.0 Å². The molecule has 0 aliphatic rings. The highest BCUT2D eigenvalue weighted by atomic mass is 127.